The van der Waals surface area contributed by atoms with Crippen molar-refractivity contribution in [3.05, 3.63) is 162 Å². The van der Waals surface area contributed by atoms with E-state index in [1.165, 1.54) is 32.6 Å². The lowest BCUT2D eigenvalue weighted by Gasteiger charge is -2.29. The third-order valence-electron chi connectivity index (χ3n) is 6.04. The molecule has 34 heavy (non-hydrogen) atoms. The highest BCUT2D eigenvalue weighted by Crippen LogP contribution is 2.44. The summed E-state index contributed by atoms with van der Waals surface area (Å²) in [5.74, 6) is 2.51. The molecule has 5 aromatic rings. The summed E-state index contributed by atoms with van der Waals surface area (Å²) in [4.78, 5) is 0. The van der Waals surface area contributed by atoms with Crippen LogP contribution in [0.3, 0.4) is 0 Å². The summed E-state index contributed by atoms with van der Waals surface area (Å²) in [6.45, 7) is -2.00. The van der Waals surface area contributed by atoms with Gasteiger partial charge in [0, 0.05) is 0 Å². The second kappa shape index (κ2) is 10.4. The third-order valence-corrected chi connectivity index (χ3v) is 10.1. The molecule has 0 radical (unpaired) electrons. The van der Waals surface area contributed by atoms with Gasteiger partial charge in [0.05, 0.1) is 0 Å². The van der Waals surface area contributed by atoms with Gasteiger partial charge in [-0.3, -0.25) is 0 Å². The average molecular weight is 455 g/mol. The molecule has 0 aliphatic heterocycles. The van der Waals surface area contributed by atoms with E-state index >= 15 is 0 Å². The molecule has 1 heteroatoms. The van der Waals surface area contributed by atoms with Crippen LogP contribution in [0.15, 0.2) is 146 Å². The summed E-state index contributed by atoms with van der Waals surface area (Å²) < 4.78 is 0. The third kappa shape index (κ3) is 4.74. The molecule has 0 amide bonds. The molecule has 0 bridgehead atoms. The van der Waals surface area contributed by atoms with Crippen LogP contribution >= 0.6 is 6.89 Å². The zero-order valence-electron chi connectivity index (χ0n) is 19.0. The van der Waals surface area contributed by atoms with E-state index in [0.717, 1.165) is 0 Å². The van der Waals surface area contributed by atoms with E-state index in [4.69, 9.17) is 0 Å². The number of benzene rings is 5. The van der Waals surface area contributed by atoms with Crippen molar-refractivity contribution < 1.29 is 0 Å². The van der Waals surface area contributed by atoms with Gasteiger partial charge >= 0.3 is 0 Å². The molecular weight excluding hydrogens is 427 g/mol. The van der Waals surface area contributed by atoms with Crippen molar-refractivity contribution in [3.63, 3.8) is 0 Å². The van der Waals surface area contributed by atoms with E-state index in [0.29, 0.717) is 0 Å². The fourth-order valence-corrected chi connectivity index (χ4v) is 8.22. The molecule has 0 saturated carbocycles. The molecule has 0 heterocycles. The fourth-order valence-electron chi connectivity index (χ4n) is 4.33. The Kier molecular flexibility index (Phi) is 6.71. The van der Waals surface area contributed by atoms with Crippen molar-refractivity contribution in [2.24, 2.45) is 0 Å². The lowest BCUT2D eigenvalue weighted by Crippen LogP contribution is -2.27. The lowest BCUT2D eigenvalue weighted by molar-refractivity contribution is 1.63. The highest BCUT2D eigenvalue weighted by molar-refractivity contribution is 7.94. The maximum atomic E-state index is 2.51. The smallest absolute Gasteiger partial charge is 0.0160 e. The molecule has 0 aromatic heterocycles. The Balaban J connectivity index is 1.65. The summed E-state index contributed by atoms with van der Waals surface area (Å²) in [5.41, 5.74) is 3.64. The van der Waals surface area contributed by atoms with Crippen LogP contribution in [0.2, 0.25) is 0 Å². The normalized spacial score (nSPS) is 11.4. The quantitative estimate of drug-likeness (QED) is 0.191. The largest absolute Gasteiger partial charge is 0.0622 e. The molecule has 164 valence electrons. The van der Waals surface area contributed by atoms with Crippen LogP contribution in [0, 0.1) is 0 Å². The minimum absolute atomic E-state index is 1.20. The first-order valence-electron chi connectivity index (χ1n) is 11.6. The van der Waals surface area contributed by atoms with Crippen molar-refractivity contribution in [2.75, 3.05) is 0 Å². The molecule has 0 nitrogen and oxygen atoms in total. The first-order chi connectivity index (χ1) is 16.8. The molecule has 0 aliphatic rings. The van der Waals surface area contributed by atoms with Crippen LogP contribution < -0.4 is 15.9 Å². The molecule has 0 N–H and O–H groups in total. The Morgan fingerprint density at radius 1 is 0.324 bits per heavy atom. The van der Waals surface area contributed by atoms with E-state index < -0.39 is 6.89 Å². The Morgan fingerprint density at radius 3 is 1.06 bits per heavy atom. The van der Waals surface area contributed by atoms with Crippen molar-refractivity contribution >= 4 is 40.7 Å². The second-order valence-electron chi connectivity index (χ2n) is 8.27. The van der Waals surface area contributed by atoms with Gasteiger partial charge in [-0.15, -0.1) is 0 Å². The lowest BCUT2D eigenvalue weighted by atomic mass is 10.1. The average Bonchev–Trinajstić information content (AvgIpc) is 2.93. The van der Waals surface area contributed by atoms with Gasteiger partial charge in [0.2, 0.25) is 0 Å². The summed E-state index contributed by atoms with van der Waals surface area (Å²) in [5, 5.41) is 4.08. The molecule has 0 atom stereocenters. The minimum atomic E-state index is -2.00. The molecule has 0 fully saturated rings. The van der Waals surface area contributed by atoms with Gasteiger partial charge in [0.25, 0.3) is 0 Å². The van der Waals surface area contributed by atoms with Crippen LogP contribution in [0.25, 0.3) is 12.2 Å². The zero-order valence-corrected chi connectivity index (χ0v) is 19.9. The molecule has 0 saturated heterocycles. The predicted molar refractivity (Wildman–Crippen MR) is 152 cm³/mol. The first-order valence-corrected chi connectivity index (χ1v) is 13.5. The predicted octanol–water partition coefficient (Wildman–Crippen LogP) is 7.00. The van der Waals surface area contributed by atoms with Crippen LogP contribution in [-0.2, 0) is 0 Å². The van der Waals surface area contributed by atoms with Crippen molar-refractivity contribution in [3.8, 4) is 0 Å². The van der Waals surface area contributed by atoms with Gasteiger partial charge in [0.15, 0.2) is 0 Å². The van der Waals surface area contributed by atoms with Gasteiger partial charge in [-0.2, -0.15) is 0 Å². The molecule has 0 unspecified atom stereocenters. The Morgan fingerprint density at radius 2 is 0.647 bits per heavy atom. The number of hydrogen-bond acceptors (Lipinski definition) is 0. The van der Waals surface area contributed by atoms with E-state index in [-0.39, 0.29) is 0 Å². The van der Waals surface area contributed by atoms with Gasteiger partial charge in [-0.1, -0.05) is 158 Å². The minimum Gasteiger partial charge on any atom is -0.0622 e. The van der Waals surface area contributed by atoms with E-state index in [9.17, 15) is 0 Å². The Bertz CT molecular complexity index is 1300. The summed E-state index contributed by atoms with van der Waals surface area (Å²) in [6.07, 6.45) is 4.33. The molecule has 0 aliphatic carbocycles. The topological polar surface area (TPSA) is 0 Å². The van der Waals surface area contributed by atoms with Crippen LogP contribution in [-0.4, -0.2) is 5.80 Å². The van der Waals surface area contributed by atoms with Gasteiger partial charge in [0.1, 0.15) is 0 Å². The molecule has 5 rings (SSSR count). The van der Waals surface area contributed by atoms with Crippen LogP contribution in [0.1, 0.15) is 16.7 Å². The van der Waals surface area contributed by atoms with Crippen LogP contribution in [0.5, 0.6) is 0 Å². The monoisotopic (exact) mass is 454 g/mol. The fraction of sp³-hybridized carbons (Fsp3) is 0. The van der Waals surface area contributed by atoms with Gasteiger partial charge < -0.3 is 0 Å². The molecule has 0 spiro atoms. The van der Waals surface area contributed by atoms with Crippen molar-refractivity contribution in [2.45, 2.75) is 0 Å². The maximum absolute atomic E-state index is 2.51. The Hall–Kier alpha value is -3.86. The zero-order chi connectivity index (χ0) is 23.1. The highest BCUT2D eigenvalue weighted by Gasteiger charge is 2.24. The summed E-state index contributed by atoms with van der Waals surface area (Å²) in [7, 11) is 0. The van der Waals surface area contributed by atoms with E-state index in [1.54, 1.807) is 0 Å². The standard InChI is InChI=1S/C33H27P/c1-5-13-28(14-6-1)21-22-29-23-25-30(26-24-29)27-34(31-15-7-2-8-16-31,32-17-9-3-10-18-32)33-19-11-4-12-20-33/h1-27H. The molecular formula is C33H27P. The highest BCUT2D eigenvalue weighted by atomic mass is 31.2. The second-order valence-corrected chi connectivity index (χ2v) is 11.5. The van der Waals surface area contributed by atoms with Gasteiger partial charge in [-0.25, -0.2) is 0 Å². The van der Waals surface area contributed by atoms with E-state index in [1.807, 2.05) is 6.07 Å². The first kappa shape index (κ1) is 22.0. The summed E-state index contributed by atoms with van der Waals surface area (Å²) in [6, 6.07) is 52.2. The van der Waals surface area contributed by atoms with Gasteiger partial charge in [-0.05, 0) is 45.3 Å². The Labute approximate surface area is 202 Å². The molecule has 5 aromatic carbocycles. The maximum Gasteiger partial charge on any atom is -0.0160 e. The van der Waals surface area contributed by atoms with Crippen LogP contribution in [0.4, 0.5) is 0 Å². The number of hydrogen-bond donors (Lipinski definition) is 0. The van der Waals surface area contributed by atoms with E-state index in [2.05, 4.69) is 157 Å². The SMILES string of the molecule is C(=Cc1ccc(C=P(c2ccccc2)(c2ccccc2)c2ccccc2)cc1)c1ccccc1. The number of rotatable bonds is 6. The van der Waals surface area contributed by atoms with Crippen molar-refractivity contribution in [1.29, 1.82) is 0 Å². The van der Waals surface area contributed by atoms with Crippen molar-refractivity contribution in [1.82, 2.24) is 0 Å². The summed E-state index contributed by atoms with van der Waals surface area (Å²) >= 11 is 0.